The summed E-state index contributed by atoms with van der Waals surface area (Å²) in [5.74, 6) is 5.81. The molecule has 0 aliphatic heterocycles. The zero-order chi connectivity index (χ0) is 7.82. The van der Waals surface area contributed by atoms with Crippen molar-refractivity contribution in [3.8, 4) is 11.8 Å². The normalized spacial score (nSPS) is 11.3. The molecule has 0 N–H and O–H groups in total. The highest BCUT2D eigenvalue weighted by Gasteiger charge is 1.73. The van der Waals surface area contributed by atoms with Crippen LogP contribution in [0, 0.1) is 11.8 Å². The SMILES string of the molecule is CC#C/C(C)=C\C=C/CC. The van der Waals surface area contributed by atoms with Gasteiger partial charge in [-0.1, -0.05) is 31.1 Å². The molecule has 10 heavy (non-hydrogen) atoms. The van der Waals surface area contributed by atoms with Crippen LogP contribution in [0.1, 0.15) is 27.2 Å². The average molecular weight is 134 g/mol. The Morgan fingerprint density at radius 3 is 2.70 bits per heavy atom. The van der Waals surface area contributed by atoms with Crippen LogP contribution in [0.15, 0.2) is 23.8 Å². The standard InChI is InChI=1S/C10H14/c1-4-6-7-9-10(3)8-5-2/h6-7,9H,4H2,1-3H3/b7-6-,10-9-. The van der Waals surface area contributed by atoms with Gasteiger partial charge in [0.2, 0.25) is 0 Å². The van der Waals surface area contributed by atoms with Gasteiger partial charge in [-0.15, -0.1) is 5.92 Å². The first-order valence-corrected chi connectivity index (χ1v) is 3.57. The molecule has 54 valence electrons. The highest BCUT2D eigenvalue weighted by molar-refractivity contribution is 5.29. The fraction of sp³-hybridized carbons (Fsp3) is 0.400. The van der Waals surface area contributed by atoms with Crippen molar-refractivity contribution >= 4 is 0 Å². The minimum Gasteiger partial charge on any atom is -0.102 e. The predicted octanol–water partition coefficient (Wildman–Crippen LogP) is 2.92. The van der Waals surface area contributed by atoms with E-state index in [1.54, 1.807) is 0 Å². The first-order chi connectivity index (χ1) is 4.81. The molecule has 0 aliphatic carbocycles. The van der Waals surface area contributed by atoms with Gasteiger partial charge >= 0.3 is 0 Å². The lowest BCUT2D eigenvalue weighted by Gasteiger charge is -1.81. The number of allylic oxidation sites excluding steroid dienone is 4. The summed E-state index contributed by atoms with van der Waals surface area (Å²) in [7, 11) is 0. The molecule has 0 radical (unpaired) electrons. The van der Waals surface area contributed by atoms with E-state index in [4.69, 9.17) is 0 Å². The lowest BCUT2D eigenvalue weighted by Crippen LogP contribution is -1.64. The van der Waals surface area contributed by atoms with E-state index in [0.29, 0.717) is 0 Å². The van der Waals surface area contributed by atoms with Gasteiger partial charge in [-0.25, -0.2) is 0 Å². The minimum atomic E-state index is 1.09. The molecule has 0 amide bonds. The van der Waals surface area contributed by atoms with Crippen molar-refractivity contribution in [1.82, 2.24) is 0 Å². The van der Waals surface area contributed by atoms with E-state index in [1.165, 1.54) is 0 Å². The molecule has 0 saturated carbocycles. The highest BCUT2D eigenvalue weighted by Crippen LogP contribution is 1.90. The maximum atomic E-state index is 2.96. The molecule has 0 atom stereocenters. The van der Waals surface area contributed by atoms with E-state index < -0.39 is 0 Å². The first-order valence-electron chi connectivity index (χ1n) is 3.57. The molecular weight excluding hydrogens is 120 g/mol. The summed E-state index contributed by atoms with van der Waals surface area (Å²) in [6, 6.07) is 0. The van der Waals surface area contributed by atoms with Gasteiger partial charge in [-0.2, -0.15) is 0 Å². The van der Waals surface area contributed by atoms with Crippen LogP contribution >= 0.6 is 0 Å². The van der Waals surface area contributed by atoms with Crippen molar-refractivity contribution in [2.24, 2.45) is 0 Å². The zero-order valence-electron chi connectivity index (χ0n) is 6.94. The third-order valence-corrected chi connectivity index (χ3v) is 1.04. The number of hydrogen-bond donors (Lipinski definition) is 0. The smallest absolute Gasteiger partial charge is 0.00110 e. The van der Waals surface area contributed by atoms with Gasteiger partial charge < -0.3 is 0 Å². The molecule has 0 aliphatic rings. The van der Waals surface area contributed by atoms with Crippen LogP contribution in [-0.2, 0) is 0 Å². The molecule has 0 heteroatoms. The van der Waals surface area contributed by atoms with E-state index in [9.17, 15) is 0 Å². The lowest BCUT2D eigenvalue weighted by molar-refractivity contribution is 1.22. The second kappa shape index (κ2) is 6.16. The van der Waals surface area contributed by atoms with Crippen LogP contribution in [0.5, 0.6) is 0 Å². The minimum absolute atomic E-state index is 1.09. The Kier molecular flexibility index (Phi) is 5.57. The molecule has 0 aromatic heterocycles. The van der Waals surface area contributed by atoms with E-state index in [2.05, 4.69) is 24.8 Å². The Hall–Kier alpha value is -0.960. The summed E-state index contributed by atoms with van der Waals surface area (Å²) in [5.41, 5.74) is 1.12. The van der Waals surface area contributed by atoms with E-state index in [-0.39, 0.29) is 0 Å². The summed E-state index contributed by atoms with van der Waals surface area (Å²) in [6.07, 6.45) is 7.27. The maximum absolute atomic E-state index is 2.96. The molecule has 0 spiro atoms. The van der Waals surface area contributed by atoms with Gasteiger partial charge in [0, 0.05) is 0 Å². The second-order valence-corrected chi connectivity index (χ2v) is 2.06. The fourth-order valence-corrected chi connectivity index (χ4v) is 0.587. The quantitative estimate of drug-likeness (QED) is 0.402. The molecular formula is C10H14. The zero-order valence-corrected chi connectivity index (χ0v) is 6.94. The monoisotopic (exact) mass is 134 g/mol. The summed E-state index contributed by atoms with van der Waals surface area (Å²) < 4.78 is 0. The van der Waals surface area contributed by atoms with Crippen LogP contribution in [0.25, 0.3) is 0 Å². The van der Waals surface area contributed by atoms with Crippen LogP contribution in [-0.4, -0.2) is 0 Å². The summed E-state index contributed by atoms with van der Waals surface area (Å²) >= 11 is 0. The van der Waals surface area contributed by atoms with Crippen LogP contribution in [0.4, 0.5) is 0 Å². The van der Waals surface area contributed by atoms with Gasteiger partial charge in [0.25, 0.3) is 0 Å². The Balaban J connectivity index is 3.87. The summed E-state index contributed by atoms with van der Waals surface area (Å²) in [6.45, 7) is 5.97. The summed E-state index contributed by atoms with van der Waals surface area (Å²) in [4.78, 5) is 0. The average Bonchev–Trinajstić information content (AvgIpc) is 1.89. The van der Waals surface area contributed by atoms with Gasteiger partial charge in [-0.05, 0) is 25.8 Å². The van der Waals surface area contributed by atoms with E-state index in [1.807, 2.05) is 26.0 Å². The Labute approximate surface area is 63.6 Å². The fourth-order valence-electron chi connectivity index (χ4n) is 0.587. The number of rotatable bonds is 2. The third-order valence-electron chi connectivity index (χ3n) is 1.04. The van der Waals surface area contributed by atoms with Gasteiger partial charge in [0.1, 0.15) is 0 Å². The molecule has 0 rings (SSSR count). The van der Waals surface area contributed by atoms with E-state index in [0.717, 1.165) is 12.0 Å². The van der Waals surface area contributed by atoms with Gasteiger partial charge in [0.05, 0.1) is 0 Å². The first kappa shape index (κ1) is 9.04. The Morgan fingerprint density at radius 1 is 1.50 bits per heavy atom. The van der Waals surface area contributed by atoms with Crippen molar-refractivity contribution < 1.29 is 0 Å². The van der Waals surface area contributed by atoms with Crippen molar-refractivity contribution in [2.75, 3.05) is 0 Å². The largest absolute Gasteiger partial charge is 0.102 e. The van der Waals surface area contributed by atoms with Crippen LogP contribution < -0.4 is 0 Å². The maximum Gasteiger partial charge on any atom is -0.00110 e. The van der Waals surface area contributed by atoms with Crippen molar-refractivity contribution in [3.63, 3.8) is 0 Å². The van der Waals surface area contributed by atoms with E-state index >= 15 is 0 Å². The third kappa shape index (κ3) is 5.18. The van der Waals surface area contributed by atoms with Crippen molar-refractivity contribution in [2.45, 2.75) is 27.2 Å². The molecule has 0 aromatic carbocycles. The topological polar surface area (TPSA) is 0 Å². The summed E-state index contributed by atoms with van der Waals surface area (Å²) in [5, 5.41) is 0. The van der Waals surface area contributed by atoms with Gasteiger partial charge in [0.15, 0.2) is 0 Å². The highest BCUT2D eigenvalue weighted by atomic mass is 13.8. The lowest BCUT2D eigenvalue weighted by atomic mass is 10.2. The molecule has 0 unspecified atom stereocenters. The molecule has 0 bridgehead atoms. The van der Waals surface area contributed by atoms with Crippen LogP contribution in [0.2, 0.25) is 0 Å². The molecule has 0 aromatic rings. The number of hydrogen-bond acceptors (Lipinski definition) is 0. The van der Waals surface area contributed by atoms with Gasteiger partial charge in [-0.3, -0.25) is 0 Å². The Bertz CT molecular complexity index is 184. The Morgan fingerprint density at radius 2 is 2.20 bits per heavy atom. The predicted molar refractivity (Wildman–Crippen MR) is 46.6 cm³/mol. The van der Waals surface area contributed by atoms with Crippen LogP contribution in [0.3, 0.4) is 0 Å². The van der Waals surface area contributed by atoms with Crippen molar-refractivity contribution in [1.29, 1.82) is 0 Å². The van der Waals surface area contributed by atoms with Crippen molar-refractivity contribution in [3.05, 3.63) is 23.8 Å². The molecule has 0 nitrogen and oxygen atoms in total. The molecule has 0 saturated heterocycles. The second-order valence-electron chi connectivity index (χ2n) is 2.06. The molecule has 0 fully saturated rings. The molecule has 0 heterocycles.